The molecule has 0 rings (SSSR count). The van der Waals surface area contributed by atoms with E-state index in [1.807, 2.05) is 0 Å². The third-order valence-corrected chi connectivity index (χ3v) is 0. The Morgan fingerprint density at radius 1 is 1.00 bits per heavy atom. The summed E-state index contributed by atoms with van der Waals surface area (Å²) in [6.07, 6.45) is 0. The third kappa shape index (κ3) is 1650000. The van der Waals surface area contributed by atoms with Gasteiger partial charge in [-0.1, -0.05) is 0 Å². The van der Waals surface area contributed by atoms with Crippen molar-refractivity contribution in [2.75, 3.05) is 0 Å². The normalized spacial score (nSPS) is 5.56. The molecule has 1 radical (unpaired) electrons. The minimum Gasteiger partial charge on any atom is -0.560 e. The Morgan fingerprint density at radius 2 is 1.00 bits per heavy atom. The Balaban J connectivity index is -0.0000000720. The maximum atomic E-state index is 9.99. The van der Waals surface area contributed by atoms with Gasteiger partial charge < -0.3 is 18.5 Å². The van der Waals surface area contributed by atoms with Crippen LogP contribution < -0.4 is 9.59 Å². The molecular formula is F2MnO4Si2. The molecule has 0 aromatic heterocycles. The average Bonchev–Trinajstić information content (AvgIpc) is 1.25. The molecule has 9 heteroatoms. The first-order valence-electron chi connectivity index (χ1n) is 1.19. The van der Waals surface area contributed by atoms with E-state index in [0.717, 1.165) is 0 Å². The van der Waals surface area contributed by atoms with Crippen molar-refractivity contribution in [1.82, 2.24) is 0 Å². The predicted molar refractivity (Wildman–Crippen MR) is 15.1 cm³/mol. The molecule has 0 saturated carbocycles. The van der Waals surface area contributed by atoms with Crippen molar-refractivity contribution < 1.29 is 43.8 Å². The smallest absolute Gasteiger partial charge is 0.560 e. The van der Waals surface area contributed by atoms with Crippen LogP contribution in [0.5, 0.6) is 0 Å². The SMILES string of the molecule is O=[Si]([O-])F.O=[Si]([O-])F.[Mn+2]. The van der Waals surface area contributed by atoms with Crippen molar-refractivity contribution in [3.63, 3.8) is 0 Å². The molecule has 0 aliphatic carbocycles. The molecule has 0 fully saturated rings. The summed E-state index contributed by atoms with van der Waals surface area (Å²) in [7, 11) is -7.76. The molecule has 0 amide bonds. The first-order chi connectivity index (χ1) is 3.46. The summed E-state index contributed by atoms with van der Waals surface area (Å²) in [5.41, 5.74) is 0. The summed E-state index contributed by atoms with van der Waals surface area (Å²) in [4.78, 5) is 16.8. The van der Waals surface area contributed by atoms with Crippen molar-refractivity contribution in [3.8, 4) is 0 Å². The third-order valence-electron chi connectivity index (χ3n) is 0. The minimum absolute atomic E-state index is 0. The number of hydrogen-bond donors (Lipinski definition) is 0. The fraction of sp³-hybridized carbons (Fsp3) is 0. The van der Waals surface area contributed by atoms with Gasteiger partial charge >= 0.3 is 35.6 Å². The molecule has 0 heterocycles. The second-order valence-corrected chi connectivity index (χ2v) is 1.43. The largest absolute Gasteiger partial charge is 2.00 e. The van der Waals surface area contributed by atoms with E-state index < -0.39 is 18.5 Å². The molecule has 0 aliphatic heterocycles. The molecule has 0 aliphatic rings. The summed E-state index contributed by atoms with van der Waals surface area (Å²) >= 11 is 0. The molecule has 0 atom stereocenters. The monoisotopic (exact) mass is 213 g/mol. The van der Waals surface area contributed by atoms with Crippen LogP contribution in [0.2, 0.25) is 0 Å². The Labute approximate surface area is 62.9 Å². The van der Waals surface area contributed by atoms with E-state index >= 15 is 0 Å². The Hall–Kier alpha value is 0.0132. The van der Waals surface area contributed by atoms with Gasteiger partial charge in [-0.15, -0.1) is 0 Å². The van der Waals surface area contributed by atoms with E-state index in [9.17, 15) is 8.22 Å². The summed E-state index contributed by atoms with van der Waals surface area (Å²) in [6, 6.07) is 0. The second-order valence-electron chi connectivity index (χ2n) is 0.475. The first kappa shape index (κ1) is 16.0. The molecule has 53 valence electrons. The van der Waals surface area contributed by atoms with E-state index in [4.69, 9.17) is 18.5 Å². The summed E-state index contributed by atoms with van der Waals surface area (Å²) in [5.74, 6) is 0. The molecule has 0 aromatic carbocycles. The van der Waals surface area contributed by atoms with E-state index in [2.05, 4.69) is 0 Å². The van der Waals surface area contributed by atoms with Gasteiger partial charge in [0.25, 0.3) is 0 Å². The van der Waals surface area contributed by atoms with E-state index in [-0.39, 0.29) is 17.1 Å². The van der Waals surface area contributed by atoms with Crippen molar-refractivity contribution in [3.05, 3.63) is 0 Å². The standard InChI is InChI=1S/2FO2Si.Mn/c2*1-4(2)3;/q2*-1;+2. The zero-order valence-corrected chi connectivity index (χ0v) is 6.95. The maximum Gasteiger partial charge on any atom is 2.00 e. The van der Waals surface area contributed by atoms with Gasteiger partial charge in [0.05, 0.1) is 0 Å². The van der Waals surface area contributed by atoms with Crippen LogP contribution >= 0.6 is 0 Å². The average molecular weight is 213 g/mol. The summed E-state index contributed by atoms with van der Waals surface area (Å²) < 4.78 is 36.8. The van der Waals surface area contributed by atoms with Crippen LogP contribution in [0.25, 0.3) is 0 Å². The van der Waals surface area contributed by atoms with Gasteiger partial charge in [-0.3, -0.25) is 8.22 Å². The summed E-state index contributed by atoms with van der Waals surface area (Å²) in [5, 5.41) is 0. The van der Waals surface area contributed by atoms with Gasteiger partial charge in [0.1, 0.15) is 0 Å². The maximum absolute atomic E-state index is 9.99. The molecule has 0 spiro atoms. The number of rotatable bonds is 0. The molecule has 0 bridgehead atoms. The van der Waals surface area contributed by atoms with Crippen molar-refractivity contribution in [2.24, 2.45) is 0 Å². The summed E-state index contributed by atoms with van der Waals surface area (Å²) in [6.45, 7) is 0. The minimum atomic E-state index is -3.88. The second kappa shape index (κ2) is 10.9. The molecule has 0 saturated heterocycles. The van der Waals surface area contributed by atoms with E-state index in [1.54, 1.807) is 0 Å². The predicted octanol–water partition coefficient (Wildman–Crippen LogP) is -2.54. The van der Waals surface area contributed by atoms with Crippen LogP contribution in [-0.2, 0) is 26.0 Å². The van der Waals surface area contributed by atoms with Gasteiger partial charge in [0.2, 0.25) is 0 Å². The van der Waals surface area contributed by atoms with Gasteiger partial charge in [0, 0.05) is 0 Å². The van der Waals surface area contributed by atoms with Crippen LogP contribution in [0.15, 0.2) is 0 Å². The molecular weight excluding hydrogens is 213 g/mol. The Morgan fingerprint density at radius 3 is 1.00 bits per heavy atom. The van der Waals surface area contributed by atoms with Gasteiger partial charge in [-0.25, -0.2) is 0 Å². The number of halogens is 2. The molecule has 4 nitrogen and oxygen atoms in total. The zero-order valence-electron chi connectivity index (χ0n) is 3.77. The topological polar surface area (TPSA) is 80.3 Å². The van der Waals surface area contributed by atoms with Crippen molar-refractivity contribution in [1.29, 1.82) is 0 Å². The van der Waals surface area contributed by atoms with Crippen LogP contribution in [0.4, 0.5) is 8.22 Å². The molecule has 9 heavy (non-hydrogen) atoms. The first-order valence-corrected chi connectivity index (χ1v) is 3.58. The fourth-order valence-corrected chi connectivity index (χ4v) is 0. The van der Waals surface area contributed by atoms with E-state index in [1.165, 1.54) is 0 Å². The quantitative estimate of drug-likeness (QED) is 0.328. The van der Waals surface area contributed by atoms with Crippen molar-refractivity contribution in [2.45, 2.75) is 0 Å². The van der Waals surface area contributed by atoms with Crippen LogP contribution in [-0.4, -0.2) is 18.5 Å². The Bertz CT molecular complexity index is 74.6. The Kier molecular flexibility index (Phi) is 19.4. The van der Waals surface area contributed by atoms with Crippen molar-refractivity contribution >= 4 is 18.5 Å². The number of hydrogen-bond acceptors (Lipinski definition) is 4. The fourth-order valence-electron chi connectivity index (χ4n) is 0. The van der Waals surface area contributed by atoms with Gasteiger partial charge in [-0.05, 0) is 0 Å². The van der Waals surface area contributed by atoms with Gasteiger partial charge in [-0.2, -0.15) is 0 Å². The van der Waals surface area contributed by atoms with Crippen LogP contribution in [0, 0.1) is 0 Å². The zero-order chi connectivity index (χ0) is 7.15. The molecule has 0 aromatic rings. The molecule has 0 N–H and O–H groups in total. The molecule has 0 unspecified atom stereocenters. The van der Waals surface area contributed by atoms with E-state index in [0.29, 0.717) is 0 Å². The van der Waals surface area contributed by atoms with Gasteiger partial charge in [0.15, 0.2) is 0 Å². The van der Waals surface area contributed by atoms with Crippen LogP contribution in [0.3, 0.4) is 0 Å². The van der Waals surface area contributed by atoms with Crippen LogP contribution in [0.1, 0.15) is 0 Å².